The van der Waals surface area contributed by atoms with Crippen molar-refractivity contribution in [3.63, 3.8) is 0 Å². The normalized spacial score (nSPS) is 12.5. The van der Waals surface area contributed by atoms with Crippen molar-refractivity contribution < 1.29 is 14.3 Å². The highest BCUT2D eigenvalue weighted by Gasteiger charge is 2.11. The first-order chi connectivity index (χ1) is 12.2. The van der Waals surface area contributed by atoms with Gasteiger partial charge in [0.05, 0.1) is 26.0 Å². The third kappa shape index (κ3) is 6.31. The van der Waals surface area contributed by atoms with Gasteiger partial charge >= 0.3 is 0 Å². The lowest BCUT2D eigenvalue weighted by Crippen LogP contribution is -2.44. The third-order valence-corrected chi connectivity index (χ3v) is 3.69. The van der Waals surface area contributed by atoms with Crippen LogP contribution in [-0.4, -0.2) is 43.7 Å². The van der Waals surface area contributed by atoms with Gasteiger partial charge in [-0.1, -0.05) is 30.3 Å². The van der Waals surface area contributed by atoms with E-state index in [4.69, 9.17) is 4.42 Å². The lowest BCUT2D eigenvalue weighted by Gasteiger charge is -2.18. The van der Waals surface area contributed by atoms with Gasteiger partial charge in [0, 0.05) is 19.5 Å². The Bertz CT molecular complexity index is 656. The number of aliphatic hydroxyl groups is 1. The monoisotopic (exact) mass is 344 g/mol. The van der Waals surface area contributed by atoms with E-state index in [0.29, 0.717) is 24.8 Å². The summed E-state index contributed by atoms with van der Waals surface area (Å²) in [5.74, 6) is 0.987. The number of furan rings is 1. The quantitative estimate of drug-likeness (QED) is 0.420. The van der Waals surface area contributed by atoms with E-state index in [-0.39, 0.29) is 25.0 Å². The number of amides is 1. The number of hydrogen-bond donors (Lipinski definition) is 4. The molecule has 0 aliphatic heterocycles. The number of hydrogen-bond acceptors (Lipinski definition) is 4. The molecule has 0 aliphatic rings. The van der Waals surface area contributed by atoms with Crippen LogP contribution in [0.3, 0.4) is 0 Å². The molecule has 0 bridgehead atoms. The molecule has 1 aromatic carbocycles. The molecule has 1 amide bonds. The minimum absolute atomic E-state index is 0.0254. The molecule has 7 nitrogen and oxygen atoms in total. The number of benzene rings is 1. The zero-order valence-corrected chi connectivity index (χ0v) is 14.2. The molecule has 0 radical (unpaired) electrons. The van der Waals surface area contributed by atoms with Crippen LogP contribution in [0.15, 0.2) is 58.1 Å². The van der Waals surface area contributed by atoms with Gasteiger partial charge < -0.3 is 25.5 Å². The summed E-state index contributed by atoms with van der Waals surface area (Å²) in [6, 6.07) is 13.3. The minimum atomic E-state index is -0.166. The van der Waals surface area contributed by atoms with Crippen LogP contribution in [0.5, 0.6) is 0 Å². The molecule has 0 fully saturated rings. The number of nitrogens with zero attached hydrogens (tertiary/aromatic N) is 1. The second kappa shape index (κ2) is 10.1. The standard InChI is InChI=1S/C18H24N4O3/c1-19-18(21-10-15(13-23)14-6-3-2-4-7-14)22-12-17(24)20-11-16-8-5-9-25-16/h2-9,15,23H,10-13H2,1H3,(H,20,24)(H2,19,21,22). The molecule has 1 aromatic heterocycles. The van der Waals surface area contributed by atoms with E-state index in [9.17, 15) is 9.90 Å². The number of guanidine groups is 1. The van der Waals surface area contributed by atoms with Crippen LogP contribution in [0.1, 0.15) is 17.2 Å². The fourth-order valence-electron chi connectivity index (χ4n) is 2.28. The number of carbonyl (C=O) groups is 1. The molecular formula is C18H24N4O3. The van der Waals surface area contributed by atoms with Gasteiger partial charge in [-0.3, -0.25) is 9.79 Å². The largest absolute Gasteiger partial charge is 0.467 e. The maximum Gasteiger partial charge on any atom is 0.239 e. The van der Waals surface area contributed by atoms with E-state index in [1.54, 1.807) is 25.4 Å². The van der Waals surface area contributed by atoms with E-state index in [2.05, 4.69) is 20.9 Å². The zero-order valence-electron chi connectivity index (χ0n) is 14.2. The molecule has 2 rings (SSSR count). The van der Waals surface area contributed by atoms with E-state index >= 15 is 0 Å². The molecule has 4 N–H and O–H groups in total. The van der Waals surface area contributed by atoms with Crippen molar-refractivity contribution >= 4 is 11.9 Å². The van der Waals surface area contributed by atoms with Crippen molar-refractivity contribution in [1.29, 1.82) is 0 Å². The fraction of sp³-hybridized carbons (Fsp3) is 0.333. The molecule has 1 atom stereocenters. The Labute approximate surface area is 147 Å². The second-order valence-corrected chi connectivity index (χ2v) is 5.45. The minimum Gasteiger partial charge on any atom is -0.467 e. The van der Waals surface area contributed by atoms with Crippen molar-refractivity contribution in [2.24, 2.45) is 4.99 Å². The van der Waals surface area contributed by atoms with E-state index in [0.717, 1.165) is 5.56 Å². The molecule has 2 aromatic rings. The Hall–Kier alpha value is -2.80. The van der Waals surface area contributed by atoms with E-state index in [1.165, 1.54) is 0 Å². The Kier molecular flexibility index (Phi) is 7.52. The number of aliphatic hydroxyl groups excluding tert-OH is 1. The van der Waals surface area contributed by atoms with Gasteiger partial charge in [-0.25, -0.2) is 0 Å². The average Bonchev–Trinajstić information content (AvgIpc) is 3.17. The summed E-state index contributed by atoms with van der Waals surface area (Å²) in [6.07, 6.45) is 1.57. The summed E-state index contributed by atoms with van der Waals surface area (Å²) in [6.45, 7) is 0.974. The highest BCUT2D eigenvalue weighted by molar-refractivity contribution is 5.86. The summed E-state index contributed by atoms with van der Waals surface area (Å²) in [5.41, 5.74) is 1.05. The average molecular weight is 344 g/mol. The first-order valence-corrected chi connectivity index (χ1v) is 8.12. The van der Waals surface area contributed by atoms with Crippen LogP contribution in [0.2, 0.25) is 0 Å². The Morgan fingerprint density at radius 3 is 2.60 bits per heavy atom. The van der Waals surface area contributed by atoms with Gasteiger partial charge in [0.15, 0.2) is 5.96 Å². The van der Waals surface area contributed by atoms with Crippen LogP contribution in [0.25, 0.3) is 0 Å². The number of nitrogens with one attached hydrogen (secondary N) is 3. The van der Waals surface area contributed by atoms with Crippen LogP contribution in [-0.2, 0) is 11.3 Å². The lowest BCUT2D eigenvalue weighted by atomic mass is 10.0. The van der Waals surface area contributed by atoms with Crippen LogP contribution < -0.4 is 16.0 Å². The molecule has 0 spiro atoms. The molecule has 1 unspecified atom stereocenters. The predicted molar refractivity (Wildman–Crippen MR) is 96.2 cm³/mol. The highest BCUT2D eigenvalue weighted by atomic mass is 16.3. The van der Waals surface area contributed by atoms with Gasteiger partial charge in [0.25, 0.3) is 0 Å². The van der Waals surface area contributed by atoms with Crippen molar-refractivity contribution in [2.75, 3.05) is 26.7 Å². The van der Waals surface area contributed by atoms with Gasteiger partial charge in [0.1, 0.15) is 5.76 Å². The summed E-state index contributed by atoms with van der Waals surface area (Å²) in [5, 5.41) is 18.4. The van der Waals surface area contributed by atoms with Crippen molar-refractivity contribution in [1.82, 2.24) is 16.0 Å². The zero-order chi connectivity index (χ0) is 17.9. The summed E-state index contributed by atoms with van der Waals surface area (Å²) in [4.78, 5) is 15.9. The third-order valence-electron chi connectivity index (χ3n) is 3.69. The molecule has 1 heterocycles. The van der Waals surface area contributed by atoms with Gasteiger partial charge in [-0.15, -0.1) is 0 Å². The SMILES string of the molecule is CN=C(NCC(=O)NCc1ccco1)NCC(CO)c1ccccc1. The molecule has 25 heavy (non-hydrogen) atoms. The van der Waals surface area contributed by atoms with Gasteiger partial charge in [0.2, 0.25) is 5.91 Å². The summed E-state index contributed by atoms with van der Waals surface area (Å²) >= 11 is 0. The van der Waals surface area contributed by atoms with Crippen molar-refractivity contribution in [3.8, 4) is 0 Å². The molecule has 0 aliphatic carbocycles. The Morgan fingerprint density at radius 1 is 1.16 bits per heavy atom. The highest BCUT2D eigenvalue weighted by Crippen LogP contribution is 2.13. The second-order valence-electron chi connectivity index (χ2n) is 5.45. The van der Waals surface area contributed by atoms with Crippen molar-refractivity contribution in [2.45, 2.75) is 12.5 Å². The first-order valence-electron chi connectivity index (χ1n) is 8.12. The molecule has 0 saturated carbocycles. The topological polar surface area (TPSA) is 98.9 Å². The van der Waals surface area contributed by atoms with Crippen LogP contribution in [0, 0.1) is 0 Å². The van der Waals surface area contributed by atoms with Gasteiger partial charge in [-0.05, 0) is 17.7 Å². The maximum atomic E-state index is 11.8. The Morgan fingerprint density at radius 2 is 1.96 bits per heavy atom. The smallest absolute Gasteiger partial charge is 0.239 e. The fourth-order valence-corrected chi connectivity index (χ4v) is 2.28. The maximum absolute atomic E-state index is 11.8. The number of rotatable bonds is 8. The van der Waals surface area contributed by atoms with E-state index in [1.807, 2.05) is 30.3 Å². The first kappa shape index (κ1) is 18.5. The Balaban J connectivity index is 1.73. The number of aliphatic imine (C=N–C) groups is 1. The summed E-state index contributed by atoms with van der Waals surface area (Å²) < 4.78 is 5.16. The van der Waals surface area contributed by atoms with Crippen molar-refractivity contribution in [3.05, 3.63) is 60.1 Å². The number of carbonyl (C=O) groups excluding carboxylic acids is 1. The molecule has 134 valence electrons. The van der Waals surface area contributed by atoms with Crippen LogP contribution >= 0.6 is 0 Å². The lowest BCUT2D eigenvalue weighted by molar-refractivity contribution is -0.120. The summed E-state index contributed by atoms with van der Waals surface area (Å²) in [7, 11) is 1.63. The predicted octanol–water partition coefficient (Wildman–Crippen LogP) is 0.837. The molecular weight excluding hydrogens is 320 g/mol. The molecule has 7 heteroatoms. The van der Waals surface area contributed by atoms with E-state index < -0.39 is 0 Å². The molecule has 0 saturated heterocycles. The van der Waals surface area contributed by atoms with Crippen LogP contribution in [0.4, 0.5) is 0 Å². The van der Waals surface area contributed by atoms with Gasteiger partial charge in [-0.2, -0.15) is 0 Å².